The number of benzene rings is 1. The minimum absolute atomic E-state index is 0.274. The summed E-state index contributed by atoms with van der Waals surface area (Å²) in [6, 6.07) is 8.33. The molecule has 5 heteroatoms. The lowest BCUT2D eigenvalue weighted by Crippen LogP contribution is -2.17. The van der Waals surface area contributed by atoms with Crippen LogP contribution < -0.4 is 11.1 Å². The number of amides is 2. The summed E-state index contributed by atoms with van der Waals surface area (Å²) in [5.74, 6) is -0.844. The predicted octanol–water partition coefficient (Wildman–Crippen LogP) is 1.38. The van der Waals surface area contributed by atoms with Crippen LogP contribution in [0.1, 0.15) is 20.7 Å². The molecule has 5 nitrogen and oxygen atoms in total. The summed E-state index contributed by atoms with van der Waals surface area (Å²) in [7, 11) is 1.83. The fraction of sp³-hybridized carbons (Fsp3) is 0.0769. The molecular formula is C13H13N3O2. The van der Waals surface area contributed by atoms with Crippen LogP contribution in [0.2, 0.25) is 0 Å². The molecule has 2 amide bonds. The third-order valence-electron chi connectivity index (χ3n) is 2.53. The summed E-state index contributed by atoms with van der Waals surface area (Å²) in [5, 5.41) is 2.67. The van der Waals surface area contributed by atoms with E-state index in [1.54, 1.807) is 47.3 Å². The number of aryl methyl sites for hydroxylation is 1. The number of primary amides is 1. The van der Waals surface area contributed by atoms with Crippen LogP contribution in [0.25, 0.3) is 0 Å². The van der Waals surface area contributed by atoms with E-state index in [4.69, 9.17) is 5.73 Å². The van der Waals surface area contributed by atoms with Gasteiger partial charge in [-0.3, -0.25) is 9.59 Å². The molecule has 0 aliphatic rings. The first kappa shape index (κ1) is 11.9. The molecule has 0 saturated heterocycles. The maximum Gasteiger partial charge on any atom is 0.257 e. The van der Waals surface area contributed by atoms with E-state index in [1.165, 1.54) is 0 Å². The zero-order valence-electron chi connectivity index (χ0n) is 9.88. The van der Waals surface area contributed by atoms with E-state index in [-0.39, 0.29) is 5.91 Å². The van der Waals surface area contributed by atoms with Gasteiger partial charge in [0.1, 0.15) is 0 Å². The summed E-state index contributed by atoms with van der Waals surface area (Å²) in [6.45, 7) is 0. The first-order valence-corrected chi connectivity index (χ1v) is 5.40. The quantitative estimate of drug-likeness (QED) is 0.854. The zero-order valence-corrected chi connectivity index (χ0v) is 9.88. The number of nitrogens with zero attached hydrogens (tertiary/aromatic N) is 1. The number of carbonyl (C=O) groups excluding carboxylic acids is 2. The Bertz CT molecular complexity index is 602. The van der Waals surface area contributed by atoms with Crippen molar-refractivity contribution in [1.82, 2.24) is 4.57 Å². The number of rotatable bonds is 3. The van der Waals surface area contributed by atoms with E-state index in [0.29, 0.717) is 16.8 Å². The van der Waals surface area contributed by atoms with E-state index < -0.39 is 5.91 Å². The third-order valence-corrected chi connectivity index (χ3v) is 2.53. The monoisotopic (exact) mass is 243 g/mol. The van der Waals surface area contributed by atoms with Gasteiger partial charge in [0.15, 0.2) is 0 Å². The molecule has 0 bridgehead atoms. The Morgan fingerprint density at radius 3 is 2.56 bits per heavy atom. The number of anilines is 1. The second-order valence-corrected chi connectivity index (χ2v) is 3.93. The summed E-state index contributed by atoms with van der Waals surface area (Å²) >= 11 is 0. The number of nitrogens with one attached hydrogen (secondary N) is 1. The van der Waals surface area contributed by atoms with Crippen LogP contribution in [0, 0.1) is 0 Å². The van der Waals surface area contributed by atoms with Crippen LogP contribution in [0.4, 0.5) is 5.69 Å². The highest BCUT2D eigenvalue weighted by atomic mass is 16.2. The Balaban J connectivity index is 2.24. The summed E-state index contributed by atoms with van der Waals surface area (Å²) in [5.41, 5.74) is 6.47. The van der Waals surface area contributed by atoms with Crippen molar-refractivity contribution >= 4 is 17.5 Å². The fourth-order valence-electron chi connectivity index (χ4n) is 1.64. The van der Waals surface area contributed by atoms with Crippen molar-refractivity contribution in [3.05, 3.63) is 53.9 Å². The normalized spacial score (nSPS) is 10.1. The molecular weight excluding hydrogens is 230 g/mol. The molecule has 0 fully saturated rings. The Hall–Kier alpha value is -2.56. The molecule has 0 saturated carbocycles. The van der Waals surface area contributed by atoms with Gasteiger partial charge in [-0.1, -0.05) is 12.1 Å². The molecule has 1 heterocycles. The van der Waals surface area contributed by atoms with Crippen molar-refractivity contribution in [3.63, 3.8) is 0 Å². The molecule has 3 N–H and O–H groups in total. The van der Waals surface area contributed by atoms with E-state index in [9.17, 15) is 9.59 Å². The van der Waals surface area contributed by atoms with Crippen molar-refractivity contribution in [2.24, 2.45) is 12.8 Å². The average Bonchev–Trinajstić information content (AvgIpc) is 2.76. The van der Waals surface area contributed by atoms with Crippen molar-refractivity contribution in [2.75, 3.05) is 5.32 Å². The minimum atomic E-state index is -0.570. The minimum Gasteiger partial charge on any atom is -0.366 e. The van der Waals surface area contributed by atoms with Crippen molar-refractivity contribution in [3.8, 4) is 0 Å². The molecule has 1 aromatic carbocycles. The SMILES string of the molecule is Cn1ccc(C(=O)Nc2ccccc2C(N)=O)c1. The molecule has 0 atom stereocenters. The van der Waals surface area contributed by atoms with E-state index in [0.717, 1.165) is 0 Å². The smallest absolute Gasteiger partial charge is 0.257 e. The molecule has 0 aliphatic carbocycles. The highest BCUT2D eigenvalue weighted by Gasteiger charge is 2.12. The van der Waals surface area contributed by atoms with Gasteiger partial charge in [0.25, 0.3) is 11.8 Å². The predicted molar refractivity (Wildman–Crippen MR) is 68.3 cm³/mol. The highest BCUT2D eigenvalue weighted by Crippen LogP contribution is 2.15. The largest absolute Gasteiger partial charge is 0.366 e. The third kappa shape index (κ3) is 2.40. The van der Waals surface area contributed by atoms with Crippen LogP contribution in [0.15, 0.2) is 42.7 Å². The standard InChI is InChI=1S/C13H13N3O2/c1-16-7-6-9(8-16)13(18)15-11-5-3-2-4-10(11)12(14)17/h2-8H,1H3,(H2,14,17)(H,15,18). The van der Waals surface area contributed by atoms with Crippen LogP contribution >= 0.6 is 0 Å². The lowest BCUT2D eigenvalue weighted by Gasteiger charge is -2.07. The molecule has 92 valence electrons. The number of hydrogen-bond donors (Lipinski definition) is 2. The summed E-state index contributed by atoms with van der Waals surface area (Å²) in [4.78, 5) is 23.1. The molecule has 0 unspecified atom stereocenters. The van der Waals surface area contributed by atoms with E-state index in [2.05, 4.69) is 5.32 Å². The fourth-order valence-corrected chi connectivity index (χ4v) is 1.64. The van der Waals surface area contributed by atoms with Crippen molar-refractivity contribution in [1.29, 1.82) is 0 Å². The van der Waals surface area contributed by atoms with Gasteiger partial charge in [-0.25, -0.2) is 0 Å². The number of aromatic nitrogens is 1. The van der Waals surface area contributed by atoms with Crippen LogP contribution in [-0.2, 0) is 7.05 Å². The molecule has 2 rings (SSSR count). The molecule has 2 aromatic rings. The van der Waals surface area contributed by atoms with Crippen LogP contribution in [0.5, 0.6) is 0 Å². The summed E-state index contributed by atoms with van der Waals surface area (Å²) < 4.78 is 1.77. The Morgan fingerprint density at radius 2 is 1.94 bits per heavy atom. The molecule has 1 aromatic heterocycles. The van der Waals surface area contributed by atoms with Gasteiger partial charge in [0, 0.05) is 19.4 Å². The second-order valence-electron chi connectivity index (χ2n) is 3.93. The van der Waals surface area contributed by atoms with Gasteiger partial charge in [0.2, 0.25) is 0 Å². The van der Waals surface area contributed by atoms with E-state index in [1.807, 2.05) is 7.05 Å². The molecule has 0 aliphatic heterocycles. The first-order valence-electron chi connectivity index (χ1n) is 5.40. The number of carbonyl (C=O) groups is 2. The maximum absolute atomic E-state index is 11.9. The number of hydrogen-bond acceptors (Lipinski definition) is 2. The summed E-state index contributed by atoms with van der Waals surface area (Å²) in [6.07, 6.45) is 3.47. The molecule has 0 spiro atoms. The first-order chi connectivity index (χ1) is 8.58. The second kappa shape index (κ2) is 4.75. The van der Waals surface area contributed by atoms with Crippen LogP contribution in [0.3, 0.4) is 0 Å². The van der Waals surface area contributed by atoms with Gasteiger partial charge < -0.3 is 15.6 Å². The molecule has 18 heavy (non-hydrogen) atoms. The number of nitrogens with two attached hydrogens (primary N) is 1. The highest BCUT2D eigenvalue weighted by molar-refractivity contribution is 6.08. The number of para-hydroxylation sites is 1. The van der Waals surface area contributed by atoms with Crippen molar-refractivity contribution in [2.45, 2.75) is 0 Å². The maximum atomic E-state index is 11.9. The lowest BCUT2D eigenvalue weighted by atomic mass is 10.1. The van der Waals surface area contributed by atoms with Crippen LogP contribution in [-0.4, -0.2) is 16.4 Å². The van der Waals surface area contributed by atoms with Crippen molar-refractivity contribution < 1.29 is 9.59 Å². The van der Waals surface area contributed by atoms with Gasteiger partial charge in [-0.05, 0) is 18.2 Å². The molecule has 0 radical (unpaired) electrons. The van der Waals surface area contributed by atoms with E-state index >= 15 is 0 Å². The van der Waals surface area contributed by atoms with Gasteiger partial charge in [-0.15, -0.1) is 0 Å². The zero-order chi connectivity index (χ0) is 13.1. The average molecular weight is 243 g/mol. The topological polar surface area (TPSA) is 77.1 Å². The Labute approximate surface area is 104 Å². The van der Waals surface area contributed by atoms with Gasteiger partial charge in [0.05, 0.1) is 16.8 Å². The Kier molecular flexibility index (Phi) is 3.14. The lowest BCUT2D eigenvalue weighted by molar-refractivity contribution is 0.100. The van der Waals surface area contributed by atoms with Gasteiger partial charge in [-0.2, -0.15) is 0 Å². The van der Waals surface area contributed by atoms with Gasteiger partial charge >= 0.3 is 0 Å². The Morgan fingerprint density at radius 1 is 1.22 bits per heavy atom.